The molecule has 0 amide bonds. The van der Waals surface area contributed by atoms with Crippen LogP contribution in [0.2, 0.25) is 0 Å². The van der Waals surface area contributed by atoms with Crippen LogP contribution in [0.4, 0.5) is 4.39 Å². The largest absolute Gasteiger partial charge is 0.326 e. The first-order valence-corrected chi connectivity index (χ1v) is 8.64. The van der Waals surface area contributed by atoms with Crippen LogP contribution in [-0.4, -0.2) is 15.0 Å². The standard InChI is InChI=1S/C13H20BrFN2O2S/c1-8(2)9(3)7-17-20(18,19)12-5-11(14)4-10(6-16)13(12)15/h4-5,8-9,17H,6-7,16H2,1-3H3. The van der Waals surface area contributed by atoms with E-state index in [-0.39, 0.29) is 29.5 Å². The molecule has 1 rings (SSSR count). The fraction of sp³-hybridized carbons (Fsp3) is 0.538. The Hall–Kier alpha value is -0.500. The summed E-state index contributed by atoms with van der Waals surface area (Å²) in [6.45, 7) is 6.16. The van der Waals surface area contributed by atoms with Crippen LogP contribution >= 0.6 is 15.9 Å². The van der Waals surface area contributed by atoms with Crippen molar-refractivity contribution in [3.8, 4) is 0 Å². The fourth-order valence-electron chi connectivity index (χ4n) is 1.52. The van der Waals surface area contributed by atoms with Crippen LogP contribution < -0.4 is 10.5 Å². The van der Waals surface area contributed by atoms with Gasteiger partial charge in [-0.1, -0.05) is 36.7 Å². The third-order valence-electron chi connectivity index (χ3n) is 3.32. The van der Waals surface area contributed by atoms with Gasteiger partial charge >= 0.3 is 0 Å². The molecule has 1 aromatic rings. The monoisotopic (exact) mass is 366 g/mol. The van der Waals surface area contributed by atoms with Crippen LogP contribution in [-0.2, 0) is 16.6 Å². The van der Waals surface area contributed by atoms with Crippen molar-refractivity contribution in [3.05, 3.63) is 28.0 Å². The molecule has 0 aromatic heterocycles. The molecule has 0 spiro atoms. The Bertz CT molecular complexity index is 576. The van der Waals surface area contributed by atoms with E-state index in [1.165, 1.54) is 12.1 Å². The average Bonchev–Trinajstić information content (AvgIpc) is 2.37. The number of nitrogens with two attached hydrogens (primary N) is 1. The second-order valence-electron chi connectivity index (χ2n) is 5.15. The molecule has 0 fully saturated rings. The van der Waals surface area contributed by atoms with Crippen LogP contribution in [0.1, 0.15) is 26.3 Å². The molecule has 0 aliphatic rings. The topological polar surface area (TPSA) is 72.2 Å². The molecule has 0 aliphatic carbocycles. The molecule has 0 radical (unpaired) electrons. The Morgan fingerprint density at radius 1 is 1.35 bits per heavy atom. The highest BCUT2D eigenvalue weighted by Gasteiger charge is 2.23. The Labute approximate surface area is 128 Å². The highest BCUT2D eigenvalue weighted by molar-refractivity contribution is 9.10. The number of rotatable bonds is 6. The maximum atomic E-state index is 14.1. The van der Waals surface area contributed by atoms with E-state index in [1.807, 2.05) is 20.8 Å². The maximum absolute atomic E-state index is 14.1. The molecule has 1 aromatic carbocycles. The van der Waals surface area contributed by atoms with Gasteiger partial charge in [0.15, 0.2) is 0 Å². The first-order chi connectivity index (χ1) is 9.19. The molecule has 0 aliphatic heterocycles. The number of benzene rings is 1. The lowest BCUT2D eigenvalue weighted by Crippen LogP contribution is -2.31. The Morgan fingerprint density at radius 2 is 1.95 bits per heavy atom. The smallest absolute Gasteiger partial charge is 0.243 e. The summed E-state index contributed by atoms with van der Waals surface area (Å²) in [4.78, 5) is -0.372. The van der Waals surface area contributed by atoms with Gasteiger partial charge in [-0.05, 0) is 24.0 Å². The van der Waals surface area contributed by atoms with Crippen molar-refractivity contribution < 1.29 is 12.8 Å². The van der Waals surface area contributed by atoms with E-state index in [4.69, 9.17) is 5.73 Å². The van der Waals surface area contributed by atoms with E-state index >= 15 is 0 Å². The molecule has 20 heavy (non-hydrogen) atoms. The molecule has 1 unspecified atom stereocenters. The zero-order chi connectivity index (χ0) is 15.5. The van der Waals surface area contributed by atoms with Gasteiger partial charge < -0.3 is 5.73 Å². The highest BCUT2D eigenvalue weighted by atomic mass is 79.9. The average molecular weight is 367 g/mol. The second-order valence-corrected chi connectivity index (χ2v) is 7.81. The lowest BCUT2D eigenvalue weighted by atomic mass is 9.99. The van der Waals surface area contributed by atoms with Crippen molar-refractivity contribution >= 4 is 26.0 Å². The van der Waals surface area contributed by atoms with Gasteiger partial charge in [0, 0.05) is 23.1 Å². The molecule has 114 valence electrons. The molecular formula is C13H20BrFN2O2S. The van der Waals surface area contributed by atoms with Gasteiger partial charge in [-0.3, -0.25) is 0 Å². The predicted octanol–water partition coefficient (Wildman–Crippen LogP) is 2.62. The molecule has 0 heterocycles. The Morgan fingerprint density at radius 3 is 2.45 bits per heavy atom. The first-order valence-electron chi connectivity index (χ1n) is 6.36. The van der Waals surface area contributed by atoms with Crippen molar-refractivity contribution in [2.45, 2.75) is 32.2 Å². The summed E-state index contributed by atoms with van der Waals surface area (Å²) in [5.74, 6) is -0.293. The second kappa shape index (κ2) is 6.98. The normalized spacial score (nSPS) is 13.8. The van der Waals surface area contributed by atoms with Gasteiger partial charge in [-0.15, -0.1) is 0 Å². The quantitative estimate of drug-likeness (QED) is 0.812. The SMILES string of the molecule is CC(C)C(C)CNS(=O)(=O)c1cc(Br)cc(CN)c1F. The molecule has 1 atom stereocenters. The Balaban J connectivity index is 3.07. The zero-order valence-corrected chi connectivity index (χ0v) is 14.2. The number of nitrogens with one attached hydrogen (secondary N) is 1. The van der Waals surface area contributed by atoms with Crippen molar-refractivity contribution in [2.24, 2.45) is 17.6 Å². The molecule has 3 N–H and O–H groups in total. The van der Waals surface area contributed by atoms with E-state index in [9.17, 15) is 12.8 Å². The maximum Gasteiger partial charge on any atom is 0.243 e. The van der Waals surface area contributed by atoms with Crippen molar-refractivity contribution in [3.63, 3.8) is 0 Å². The van der Waals surface area contributed by atoms with E-state index < -0.39 is 15.8 Å². The first kappa shape index (κ1) is 17.6. The zero-order valence-electron chi connectivity index (χ0n) is 11.8. The van der Waals surface area contributed by atoms with E-state index in [0.717, 1.165) is 0 Å². The number of halogens is 2. The minimum absolute atomic E-state index is 0.0593. The van der Waals surface area contributed by atoms with Gasteiger partial charge in [0.05, 0.1) is 0 Å². The van der Waals surface area contributed by atoms with Gasteiger partial charge in [0.1, 0.15) is 10.7 Å². The number of hydrogen-bond donors (Lipinski definition) is 2. The minimum atomic E-state index is -3.89. The van der Waals surface area contributed by atoms with Crippen molar-refractivity contribution in [2.75, 3.05) is 6.54 Å². The molecule has 0 saturated carbocycles. The van der Waals surface area contributed by atoms with Crippen LogP contribution in [0.25, 0.3) is 0 Å². The predicted molar refractivity (Wildman–Crippen MR) is 81.2 cm³/mol. The van der Waals surface area contributed by atoms with Crippen molar-refractivity contribution in [1.29, 1.82) is 0 Å². The summed E-state index contributed by atoms with van der Waals surface area (Å²) in [5.41, 5.74) is 5.58. The lowest BCUT2D eigenvalue weighted by molar-refractivity contribution is 0.414. The molecule has 0 saturated heterocycles. The van der Waals surface area contributed by atoms with Gasteiger partial charge in [0.2, 0.25) is 10.0 Å². The summed E-state index contributed by atoms with van der Waals surface area (Å²) in [5, 5.41) is 0. The fourth-order valence-corrected chi connectivity index (χ4v) is 3.46. The van der Waals surface area contributed by atoms with Crippen molar-refractivity contribution in [1.82, 2.24) is 4.72 Å². The number of sulfonamides is 1. The lowest BCUT2D eigenvalue weighted by Gasteiger charge is -2.17. The minimum Gasteiger partial charge on any atom is -0.326 e. The summed E-state index contributed by atoms with van der Waals surface area (Å²) in [6, 6.07) is 2.72. The van der Waals surface area contributed by atoms with Crippen LogP contribution in [0.3, 0.4) is 0 Å². The summed E-state index contributed by atoms with van der Waals surface area (Å²) in [6.07, 6.45) is 0. The molecular weight excluding hydrogens is 347 g/mol. The van der Waals surface area contributed by atoms with E-state index in [2.05, 4.69) is 20.7 Å². The summed E-state index contributed by atoms with van der Waals surface area (Å²) >= 11 is 3.17. The molecule has 0 bridgehead atoms. The van der Waals surface area contributed by atoms with Crippen LogP contribution in [0.5, 0.6) is 0 Å². The number of hydrogen-bond acceptors (Lipinski definition) is 3. The van der Waals surface area contributed by atoms with E-state index in [0.29, 0.717) is 10.4 Å². The van der Waals surface area contributed by atoms with Crippen LogP contribution in [0, 0.1) is 17.7 Å². The summed E-state index contributed by atoms with van der Waals surface area (Å²) < 4.78 is 41.4. The highest BCUT2D eigenvalue weighted by Crippen LogP contribution is 2.24. The molecule has 7 heteroatoms. The summed E-state index contributed by atoms with van der Waals surface area (Å²) in [7, 11) is -3.89. The van der Waals surface area contributed by atoms with E-state index in [1.54, 1.807) is 0 Å². The third-order valence-corrected chi connectivity index (χ3v) is 5.20. The molecule has 4 nitrogen and oxygen atoms in total. The third kappa shape index (κ3) is 4.25. The van der Waals surface area contributed by atoms with Gasteiger partial charge in [-0.25, -0.2) is 17.5 Å². The Kier molecular flexibility index (Phi) is 6.12. The van der Waals surface area contributed by atoms with Gasteiger partial charge in [-0.2, -0.15) is 0 Å². The van der Waals surface area contributed by atoms with Crippen LogP contribution in [0.15, 0.2) is 21.5 Å². The van der Waals surface area contributed by atoms with Gasteiger partial charge in [0.25, 0.3) is 0 Å².